The zero-order chi connectivity index (χ0) is 21.5. The molecule has 30 heavy (non-hydrogen) atoms. The SMILES string of the molecule is CC1(C)c2ccccc2N(CCOC(=O)CI)C12C=Cc1cc([N+](=O)[O-])ccc1O2. The number of hydrogen-bond donors (Lipinski definition) is 0. The van der Waals surface area contributed by atoms with Gasteiger partial charge < -0.3 is 14.4 Å². The highest BCUT2D eigenvalue weighted by Gasteiger charge is 2.58. The van der Waals surface area contributed by atoms with Crippen LogP contribution in [0.5, 0.6) is 5.75 Å². The van der Waals surface area contributed by atoms with Crippen LogP contribution < -0.4 is 9.64 Å². The highest BCUT2D eigenvalue weighted by atomic mass is 127. The molecule has 0 bridgehead atoms. The van der Waals surface area contributed by atoms with Crippen LogP contribution in [0.4, 0.5) is 11.4 Å². The van der Waals surface area contributed by atoms with E-state index in [1.54, 1.807) is 6.07 Å². The van der Waals surface area contributed by atoms with Crippen LogP contribution in [0.2, 0.25) is 0 Å². The summed E-state index contributed by atoms with van der Waals surface area (Å²) < 4.78 is 12.2. The predicted molar refractivity (Wildman–Crippen MR) is 122 cm³/mol. The van der Waals surface area contributed by atoms with Crippen molar-refractivity contribution in [2.45, 2.75) is 25.0 Å². The topological polar surface area (TPSA) is 81.9 Å². The molecular formula is C22H21IN2O5. The number of anilines is 1. The number of halogens is 1. The molecule has 0 saturated heterocycles. The monoisotopic (exact) mass is 520 g/mol. The van der Waals surface area contributed by atoms with Crippen LogP contribution in [-0.2, 0) is 14.9 Å². The summed E-state index contributed by atoms with van der Waals surface area (Å²) in [6.45, 7) is 4.92. The second-order valence-electron chi connectivity index (χ2n) is 7.76. The number of nitro benzene ring substituents is 1. The quantitative estimate of drug-likeness (QED) is 0.190. The molecule has 4 rings (SSSR count). The summed E-state index contributed by atoms with van der Waals surface area (Å²) in [5.41, 5.74) is 1.55. The number of ether oxygens (including phenoxy) is 2. The number of nitrogens with zero attached hydrogens (tertiary/aromatic N) is 2. The van der Waals surface area contributed by atoms with Gasteiger partial charge in [0.25, 0.3) is 5.69 Å². The van der Waals surface area contributed by atoms with E-state index in [0.29, 0.717) is 22.3 Å². The van der Waals surface area contributed by atoms with Crippen LogP contribution in [0.3, 0.4) is 0 Å². The molecule has 2 aromatic rings. The lowest BCUT2D eigenvalue weighted by Gasteiger charge is -2.47. The van der Waals surface area contributed by atoms with Gasteiger partial charge in [-0.3, -0.25) is 14.9 Å². The molecule has 0 aromatic heterocycles. The Morgan fingerprint density at radius 2 is 2.03 bits per heavy atom. The van der Waals surface area contributed by atoms with E-state index in [1.165, 1.54) is 12.1 Å². The number of carbonyl (C=O) groups is 1. The van der Waals surface area contributed by atoms with Crippen LogP contribution in [0, 0.1) is 10.1 Å². The summed E-state index contributed by atoms with van der Waals surface area (Å²) in [4.78, 5) is 24.5. The third-order valence-electron chi connectivity index (χ3n) is 5.81. The first kappa shape index (κ1) is 20.6. The molecule has 0 N–H and O–H groups in total. The second kappa shape index (κ2) is 7.57. The third kappa shape index (κ3) is 3.13. The van der Waals surface area contributed by atoms with Crippen LogP contribution in [0.1, 0.15) is 25.0 Å². The summed E-state index contributed by atoms with van der Waals surface area (Å²) in [6.07, 6.45) is 3.84. The number of nitro groups is 1. The van der Waals surface area contributed by atoms with Crippen LogP contribution in [-0.4, -0.2) is 34.2 Å². The number of fused-ring (bicyclic) bond motifs is 2. The van der Waals surface area contributed by atoms with E-state index < -0.39 is 16.1 Å². The molecule has 2 aromatic carbocycles. The molecule has 156 valence electrons. The van der Waals surface area contributed by atoms with E-state index in [2.05, 4.69) is 24.8 Å². The molecule has 1 atom stereocenters. The van der Waals surface area contributed by atoms with Gasteiger partial charge in [-0.25, -0.2) is 0 Å². The van der Waals surface area contributed by atoms with Gasteiger partial charge in [-0.2, -0.15) is 0 Å². The van der Waals surface area contributed by atoms with E-state index in [9.17, 15) is 14.9 Å². The number of alkyl halides is 1. The molecule has 0 fully saturated rings. The molecule has 0 saturated carbocycles. The van der Waals surface area contributed by atoms with Crippen LogP contribution >= 0.6 is 22.6 Å². The van der Waals surface area contributed by atoms with Crippen molar-refractivity contribution in [1.82, 2.24) is 0 Å². The van der Waals surface area contributed by atoms with Crippen molar-refractivity contribution in [1.29, 1.82) is 0 Å². The standard InChI is InChI=1S/C22H21IN2O5/c1-21(2)17-5-3-4-6-18(17)24(11-12-29-20(26)14-23)22(21)10-9-15-13-16(25(27)28)7-8-19(15)30-22/h3-10,13H,11-12,14H2,1-2H3. The maximum Gasteiger partial charge on any atom is 0.315 e. The van der Waals surface area contributed by atoms with E-state index in [1.807, 2.05) is 52.9 Å². The first-order valence-corrected chi connectivity index (χ1v) is 11.1. The summed E-state index contributed by atoms with van der Waals surface area (Å²) in [5, 5.41) is 11.1. The highest BCUT2D eigenvalue weighted by Crippen LogP contribution is 2.54. The number of hydrogen-bond acceptors (Lipinski definition) is 6. The van der Waals surface area contributed by atoms with Gasteiger partial charge in [0.05, 0.1) is 21.3 Å². The average molecular weight is 520 g/mol. The van der Waals surface area contributed by atoms with Crippen molar-refractivity contribution < 1.29 is 19.2 Å². The van der Waals surface area contributed by atoms with Crippen molar-refractivity contribution in [3.63, 3.8) is 0 Å². The maximum atomic E-state index is 11.6. The molecule has 1 spiro atoms. The fraction of sp³-hybridized carbons (Fsp3) is 0.318. The van der Waals surface area contributed by atoms with Gasteiger partial charge in [0.2, 0.25) is 5.72 Å². The molecule has 7 nitrogen and oxygen atoms in total. The maximum absolute atomic E-state index is 11.6. The average Bonchev–Trinajstić information content (AvgIpc) is 2.92. The van der Waals surface area contributed by atoms with Gasteiger partial charge in [-0.05, 0) is 43.7 Å². The lowest BCUT2D eigenvalue weighted by Crippen LogP contribution is -2.60. The Labute approximate surface area is 187 Å². The number of non-ortho nitro benzene ring substituents is 1. The third-order valence-corrected chi connectivity index (χ3v) is 6.43. The second-order valence-corrected chi connectivity index (χ2v) is 8.52. The molecule has 2 aliphatic heterocycles. The van der Waals surface area contributed by atoms with Gasteiger partial charge in [0.1, 0.15) is 12.4 Å². The van der Waals surface area contributed by atoms with Gasteiger partial charge in [0, 0.05) is 23.4 Å². The Morgan fingerprint density at radius 3 is 2.77 bits per heavy atom. The van der Waals surface area contributed by atoms with Gasteiger partial charge in [-0.15, -0.1) is 0 Å². The number of para-hydroxylation sites is 1. The Bertz CT molecular complexity index is 1050. The lowest BCUT2D eigenvalue weighted by atomic mass is 9.76. The Hall–Kier alpha value is -2.62. The molecule has 8 heteroatoms. The van der Waals surface area contributed by atoms with Crippen LogP contribution in [0.25, 0.3) is 6.08 Å². The summed E-state index contributed by atoms with van der Waals surface area (Å²) in [6, 6.07) is 12.7. The summed E-state index contributed by atoms with van der Waals surface area (Å²) in [7, 11) is 0. The first-order valence-electron chi connectivity index (χ1n) is 9.55. The zero-order valence-corrected chi connectivity index (χ0v) is 18.8. The van der Waals surface area contributed by atoms with Crippen molar-refractivity contribution >= 4 is 46.0 Å². The normalized spacial score (nSPS) is 20.4. The minimum absolute atomic E-state index is 0.0227. The zero-order valence-electron chi connectivity index (χ0n) is 16.6. The van der Waals surface area contributed by atoms with E-state index in [-0.39, 0.29) is 18.3 Å². The van der Waals surface area contributed by atoms with Crippen molar-refractivity contribution in [3.8, 4) is 5.75 Å². The van der Waals surface area contributed by atoms with Crippen molar-refractivity contribution in [3.05, 3.63) is 69.8 Å². The minimum Gasteiger partial charge on any atom is -0.463 e. The molecule has 0 radical (unpaired) electrons. The lowest BCUT2D eigenvalue weighted by molar-refractivity contribution is -0.384. The number of rotatable bonds is 5. The summed E-state index contributed by atoms with van der Waals surface area (Å²) in [5.74, 6) is 0.326. The van der Waals surface area contributed by atoms with Crippen molar-refractivity contribution in [2.75, 3.05) is 22.5 Å². The fourth-order valence-electron chi connectivity index (χ4n) is 4.28. The number of benzene rings is 2. The molecule has 0 amide bonds. The fourth-order valence-corrected chi connectivity index (χ4v) is 4.50. The Morgan fingerprint density at radius 1 is 1.27 bits per heavy atom. The van der Waals surface area contributed by atoms with E-state index in [4.69, 9.17) is 9.47 Å². The molecule has 2 aliphatic rings. The minimum atomic E-state index is -0.851. The first-order chi connectivity index (χ1) is 14.3. The molecule has 2 heterocycles. The number of carbonyl (C=O) groups excluding carboxylic acids is 1. The van der Waals surface area contributed by atoms with Gasteiger partial charge in [-0.1, -0.05) is 40.8 Å². The predicted octanol–water partition coefficient (Wildman–Crippen LogP) is 4.47. The summed E-state index contributed by atoms with van der Waals surface area (Å²) >= 11 is 1.98. The van der Waals surface area contributed by atoms with E-state index in [0.717, 1.165) is 11.3 Å². The molecular weight excluding hydrogens is 499 g/mol. The number of esters is 1. The van der Waals surface area contributed by atoms with Gasteiger partial charge in [0.15, 0.2) is 0 Å². The Kier molecular flexibility index (Phi) is 5.21. The molecule has 1 unspecified atom stereocenters. The van der Waals surface area contributed by atoms with E-state index >= 15 is 0 Å². The van der Waals surface area contributed by atoms with Crippen LogP contribution in [0.15, 0.2) is 48.5 Å². The highest BCUT2D eigenvalue weighted by molar-refractivity contribution is 14.1. The Balaban J connectivity index is 1.75. The van der Waals surface area contributed by atoms with Crippen molar-refractivity contribution in [2.24, 2.45) is 0 Å². The van der Waals surface area contributed by atoms with Gasteiger partial charge >= 0.3 is 5.97 Å². The smallest absolute Gasteiger partial charge is 0.315 e. The largest absolute Gasteiger partial charge is 0.463 e. The molecule has 0 aliphatic carbocycles.